The predicted molar refractivity (Wildman–Crippen MR) is 139 cm³/mol. The van der Waals surface area contributed by atoms with E-state index < -0.39 is 12.1 Å². The van der Waals surface area contributed by atoms with Gasteiger partial charge in [0.2, 0.25) is 5.91 Å². The number of benzene rings is 3. The molecule has 2 amide bonds. The number of likely N-dealkylation sites (N-methyl/N-ethyl adjacent to an activating group) is 1. The smallest absolute Gasteiger partial charge is 0.475 e. The topological polar surface area (TPSA) is 98.7 Å². The summed E-state index contributed by atoms with van der Waals surface area (Å²) in [7, 11) is 1.97. The van der Waals surface area contributed by atoms with Gasteiger partial charge in [0.25, 0.3) is 5.91 Å². The highest BCUT2D eigenvalue weighted by molar-refractivity contribution is 6.00. The number of halogens is 3. The van der Waals surface area contributed by atoms with Gasteiger partial charge in [0.05, 0.1) is 12.1 Å². The Hall–Kier alpha value is -3.92. The van der Waals surface area contributed by atoms with E-state index in [1.54, 1.807) is 6.07 Å². The number of nitrogens with zero attached hydrogens (tertiary/aromatic N) is 1. The Labute approximate surface area is 218 Å². The molecule has 38 heavy (non-hydrogen) atoms. The van der Waals surface area contributed by atoms with Crippen LogP contribution in [0.1, 0.15) is 47.3 Å². The molecule has 1 aliphatic rings. The molecule has 1 aliphatic heterocycles. The molecule has 7 nitrogen and oxygen atoms in total. The fraction of sp³-hybridized carbons (Fsp3) is 0.321. The Morgan fingerprint density at radius 1 is 1.05 bits per heavy atom. The van der Waals surface area contributed by atoms with Crippen LogP contribution in [-0.4, -0.2) is 53.6 Å². The van der Waals surface area contributed by atoms with Gasteiger partial charge in [-0.15, -0.1) is 0 Å². The lowest BCUT2D eigenvalue weighted by molar-refractivity contribution is -0.192. The van der Waals surface area contributed by atoms with E-state index in [4.69, 9.17) is 9.90 Å². The Morgan fingerprint density at radius 2 is 1.71 bits per heavy atom. The molecule has 3 N–H and O–H groups in total. The second kappa shape index (κ2) is 12.1. The molecule has 0 spiro atoms. The standard InChI is InChI=1S/C26H29N3O2.C2HF3O2/c1-17-13-14-20(28-26(31)24-12-7-15-29(24)3)16-23(17)25(30)27-18(2)21-11-6-9-19-8-4-5-10-22(19)21;3-2(4,5)1(6)7/h4-6,8-11,13-14,16,18,24H,7,12,15H2,1-3H3,(H,27,30)(H,28,31);(H,6,7)/t18-,24-;/m1./s1. The molecule has 4 rings (SSSR count). The summed E-state index contributed by atoms with van der Waals surface area (Å²) >= 11 is 0. The van der Waals surface area contributed by atoms with Crippen molar-refractivity contribution in [1.29, 1.82) is 0 Å². The maximum absolute atomic E-state index is 13.1. The molecule has 0 saturated carbocycles. The van der Waals surface area contributed by atoms with Crippen LogP contribution < -0.4 is 10.6 Å². The van der Waals surface area contributed by atoms with Crippen molar-refractivity contribution in [2.45, 2.75) is 44.9 Å². The highest BCUT2D eigenvalue weighted by Crippen LogP contribution is 2.25. The van der Waals surface area contributed by atoms with Crippen LogP contribution in [0.25, 0.3) is 10.8 Å². The molecule has 0 bridgehead atoms. The van der Waals surface area contributed by atoms with Crippen molar-refractivity contribution in [2.24, 2.45) is 0 Å². The number of anilines is 1. The Morgan fingerprint density at radius 3 is 2.34 bits per heavy atom. The lowest BCUT2D eigenvalue weighted by Gasteiger charge is -2.20. The molecule has 1 saturated heterocycles. The molecule has 1 heterocycles. The monoisotopic (exact) mass is 529 g/mol. The van der Waals surface area contributed by atoms with Crippen molar-refractivity contribution in [1.82, 2.24) is 10.2 Å². The first kappa shape index (κ1) is 28.6. The molecule has 10 heteroatoms. The first-order valence-electron chi connectivity index (χ1n) is 12.1. The van der Waals surface area contributed by atoms with Crippen molar-refractivity contribution in [3.63, 3.8) is 0 Å². The van der Waals surface area contributed by atoms with Crippen molar-refractivity contribution < 1.29 is 32.7 Å². The average molecular weight is 530 g/mol. The van der Waals surface area contributed by atoms with E-state index >= 15 is 0 Å². The maximum Gasteiger partial charge on any atom is 0.490 e. The van der Waals surface area contributed by atoms with Crippen molar-refractivity contribution in [3.05, 3.63) is 77.4 Å². The van der Waals surface area contributed by atoms with Gasteiger partial charge in [0, 0.05) is 11.3 Å². The third kappa shape index (κ3) is 7.10. The maximum atomic E-state index is 13.1. The van der Waals surface area contributed by atoms with Crippen LogP contribution in [0.5, 0.6) is 0 Å². The number of aliphatic carboxylic acids is 1. The van der Waals surface area contributed by atoms with Crippen molar-refractivity contribution in [2.75, 3.05) is 18.9 Å². The zero-order valence-corrected chi connectivity index (χ0v) is 21.3. The van der Waals surface area contributed by atoms with Gasteiger partial charge in [0.15, 0.2) is 0 Å². The molecule has 1 fully saturated rings. The minimum atomic E-state index is -5.08. The molecule has 0 aliphatic carbocycles. The number of fused-ring (bicyclic) bond motifs is 1. The predicted octanol–water partition coefficient (Wildman–Crippen LogP) is 5.31. The van der Waals surface area contributed by atoms with Crippen molar-refractivity contribution in [3.8, 4) is 0 Å². The summed E-state index contributed by atoms with van der Waals surface area (Å²) < 4.78 is 31.7. The summed E-state index contributed by atoms with van der Waals surface area (Å²) in [6.45, 7) is 4.84. The van der Waals surface area contributed by atoms with Crippen LogP contribution in [0.4, 0.5) is 18.9 Å². The van der Waals surface area contributed by atoms with E-state index in [1.807, 2.05) is 51.2 Å². The second-order valence-corrected chi connectivity index (χ2v) is 9.22. The zero-order chi connectivity index (χ0) is 28.0. The second-order valence-electron chi connectivity index (χ2n) is 9.22. The van der Waals surface area contributed by atoms with E-state index in [0.29, 0.717) is 11.3 Å². The number of carboxylic acid groups (broad SMARTS) is 1. The third-order valence-electron chi connectivity index (χ3n) is 6.45. The van der Waals surface area contributed by atoms with E-state index in [0.717, 1.165) is 41.3 Å². The number of alkyl halides is 3. The first-order valence-corrected chi connectivity index (χ1v) is 12.1. The van der Waals surface area contributed by atoms with Gasteiger partial charge >= 0.3 is 12.1 Å². The average Bonchev–Trinajstić information content (AvgIpc) is 3.30. The number of aryl methyl sites for hydroxylation is 1. The van der Waals surface area contributed by atoms with Crippen LogP contribution in [-0.2, 0) is 9.59 Å². The molecule has 202 valence electrons. The number of hydrogen-bond acceptors (Lipinski definition) is 4. The van der Waals surface area contributed by atoms with Gasteiger partial charge in [-0.3, -0.25) is 14.5 Å². The number of rotatable bonds is 5. The zero-order valence-electron chi connectivity index (χ0n) is 21.3. The van der Waals surface area contributed by atoms with Gasteiger partial charge < -0.3 is 15.7 Å². The number of likely N-dealkylation sites (tertiary alicyclic amines) is 1. The van der Waals surface area contributed by atoms with E-state index in [1.165, 1.54) is 0 Å². The van der Waals surface area contributed by atoms with Gasteiger partial charge in [-0.2, -0.15) is 13.2 Å². The number of carbonyl (C=O) groups is 3. The van der Waals surface area contributed by atoms with Crippen LogP contribution in [0, 0.1) is 6.92 Å². The quantitative estimate of drug-likeness (QED) is 0.416. The molecule has 0 unspecified atom stereocenters. The Bertz CT molecular complexity index is 1320. The normalized spacial score (nSPS) is 16.3. The summed E-state index contributed by atoms with van der Waals surface area (Å²) in [5, 5.41) is 15.5. The van der Waals surface area contributed by atoms with Gasteiger partial charge in [-0.1, -0.05) is 48.5 Å². The molecule has 2 atom stereocenters. The van der Waals surface area contributed by atoms with Crippen LogP contribution >= 0.6 is 0 Å². The van der Waals surface area contributed by atoms with E-state index in [2.05, 4.69) is 39.8 Å². The highest BCUT2D eigenvalue weighted by Gasteiger charge is 2.38. The van der Waals surface area contributed by atoms with Crippen LogP contribution in [0.3, 0.4) is 0 Å². The van der Waals surface area contributed by atoms with Crippen molar-refractivity contribution >= 4 is 34.2 Å². The summed E-state index contributed by atoms with van der Waals surface area (Å²) in [5.74, 6) is -2.92. The highest BCUT2D eigenvalue weighted by atomic mass is 19.4. The Balaban J connectivity index is 0.000000505. The summed E-state index contributed by atoms with van der Waals surface area (Å²) in [6, 6.07) is 19.6. The number of hydrogen-bond donors (Lipinski definition) is 3. The fourth-order valence-corrected chi connectivity index (χ4v) is 4.39. The largest absolute Gasteiger partial charge is 0.490 e. The molecule has 3 aromatic carbocycles. The number of nitrogens with one attached hydrogen (secondary N) is 2. The van der Waals surface area contributed by atoms with Crippen LogP contribution in [0.2, 0.25) is 0 Å². The summed E-state index contributed by atoms with van der Waals surface area (Å²) in [5.41, 5.74) is 3.18. The molecule has 0 radical (unpaired) electrons. The minimum Gasteiger partial charge on any atom is -0.475 e. The van der Waals surface area contributed by atoms with E-state index in [-0.39, 0.29) is 23.9 Å². The van der Waals surface area contributed by atoms with Crippen LogP contribution in [0.15, 0.2) is 60.7 Å². The Kier molecular flexibility index (Phi) is 9.11. The fourth-order valence-electron chi connectivity index (χ4n) is 4.39. The number of amides is 2. The summed E-state index contributed by atoms with van der Waals surface area (Å²) in [4.78, 5) is 36.7. The van der Waals surface area contributed by atoms with Gasteiger partial charge in [-0.05, 0) is 74.3 Å². The third-order valence-corrected chi connectivity index (χ3v) is 6.45. The summed E-state index contributed by atoms with van der Waals surface area (Å²) in [6.07, 6.45) is -3.19. The van der Waals surface area contributed by atoms with Gasteiger partial charge in [0.1, 0.15) is 0 Å². The molecule has 3 aromatic rings. The lowest BCUT2D eigenvalue weighted by Crippen LogP contribution is -2.37. The molecular formula is C28H30F3N3O4. The SMILES string of the molecule is Cc1ccc(NC(=O)[C@H]2CCCN2C)cc1C(=O)N[C@H](C)c1cccc2ccccc12.O=C(O)C(F)(F)F. The lowest BCUT2D eigenvalue weighted by atomic mass is 9.99. The van der Waals surface area contributed by atoms with E-state index in [9.17, 15) is 22.8 Å². The number of carboxylic acids is 1. The van der Waals surface area contributed by atoms with Gasteiger partial charge in [-0.25, -0.2) is 4.79 Å². The molecular weight excluding hydrogens is 499 g/mol. The minimum absolute atomic E-state index is 0.0145. The number of carbonyl (C=O) groups excluding carboxylic acids is 2. The molecule has 0 aromatic heterocycles. The first-order chi connectivity index (χ1) is 17.9.